The van der Waals surface area contributed by atoms with Crippen LogP contribution in [0.4, 0.5) is 0 Å². The molecule has 30 heavy (non-hydrogen) atoms. The van der Waals surface area contributed by atoms with Crippen LogP contribution < -0.4 is 9.47 Å². The van der Waals surface area contributed by atoms with Crippen molar-refractivity contribution in [1.82, 2.24) is 19.7 Å². The lowest BCUT2D eigenvalue weighted by atomic mass is 9.97. The lowest BCUT2D eigenvalue weighted by Crippen LogP contribution is -2.39. The first-order valence-corrected chi connectivity index (χ1v) is 11.1. The fraction of sp³-hybridized carbons (Fsp3) is 0.652. The topological polar surface area (TPSA) is 61.6 Å². The largest absolute Gasteiger partial charge is 0.481 e. The summed E-state index contributed by atoms with van der Waals surface area (Å²) in [5, 5.41) is 4.88. The molecule has 0 aromatic carbocycles. The number of hydrogen-bond acceptors (Lipinski definition) is 6. The van der Waals surface area contributed by atoms with Gasteiger partial charge in [0.05, 0.1) is 44.5 Å². The van der Waals surface area contributed by atoms with Crippen molar-refractivity contribution in [2.75, 3.05) is 40.0 Å². The summed E-state index contributed by atoms with van der Waals surface area (Å²) in [6, 6.07) is 2.69. The molecule has 0 amide bonds. The van der Waals surface area contributed by atoms with Crippen LogP contribution in [0.15, 0.2) is 12.3 Å². The molecule has 4 heterocycles. The first-order chi connectivity index (χ1) is 14.6. The number of hydrogen-bond donors (Lipinski definition) is 0. The van der Waals surface area contributed by atoms with Gasteiger partial charge in [0.1, 0.15) is 0 Å². The van der Waals surface area contributed by atoms with Gasteiger partial charge in [0.25, 0.3) is 0 Å². The first-order valence-electron chi connectivity index (χ1n) is 11.1. The smallest absolute Gasteiger partial charge is 0.236 e. The van der Waals surface area contributed by atoms with E-state index >= 15 is 0 Å². The second-order valence-corrected chi connectivity index (χ2v) is 8.66. The van der Waals surface area contributed by atoms with Crippen LogP contribution in [0.25, 0.3) is 5.69 Å². The highest BCUT2D eigenvalue weighted by atomic mass is 16.5. The third-order valence-electron chi connectivity index (χ3n) is 6.32. The van der Waals surface area contributed by atoms with Gasteiger partial charge in [-0.3, -0.25) is 0 Å². The van der Waals surface area contributed by atoms with Gasteiger partial charge in [-0.05, 0) is 58.7 Å². The van der Waals surface area contributed by atoms with Gasteiger partial charge in [-0.2, -0.15) is 0 Å². The minimum atomic E-state index is 0.590. The van der Waals surface area contributed by atoms with E-state index < -0.39 is 0 Å². The molecule has 2 aliphatic heterocycles. The fourth-order valence-corrected chi connectivity index (χ4v) is 4.46. The molecule has 0 bridgehead atoms. The Kier molecular flexibility index (Phi) is 6.58. The van der Waals surface area contributed by atoms with Crippen molar-refractivity contribution >= 4 is 0 Å². The Hall–Kier alpha value is -2.12. The number of ether oxygens (including phenoxy) is 3. The molecular formula is C23H34N4O3. The molecule has 4 rings (SSSR count). The molecule has 2 aromatic heterocycles. The highest BCUT2D eigenvalue weighted by molar-refractivity contribution is 5.43. The zero-order chi connectivity index (χ0) is 21.1. The Morgan fingerprint density at radius 1 is 1.17 bits per heavy atom. The monoisotopic (exact) mass is 414 g/mol. The van der Waals surface area contributed by atoms with E-state index in [0.29, 0.717) is 31.1 Å². The fourth-order valence-electron chi connectivity index (χ4n) is 4.46. The number of rotatable bonds is 6. The summed E-state index contributed by atoms with van der Waals surface area (Å²) in [5.41, 5.74) is 4.28. The van der Waals surface area contributed by atoms with Crippen molar-refractivity contribution in [2.45, 2.75) is 52.5 Å². The van der Waals surface area contributed by atoms with E-state index in [1.165, 1.54) is 24.1 Å². The van der Waals surface area contributed by atoms with Crippen molar-refractivity contribution in [3.8, 4) is 17.4 Å². The predicted octanol–water partition coefficient (Wildman–Crippen LogP) is 3.20. The minimum Gasteiger partial charge on any atom is -0.481 e. The van der Waals surface area contributed by atoms with Gasteiger partial charge >= 0.3 is 0 Å². The highest BCUT2D eigenvalue weighted by Gasteiger charge is 2.25. The molecule has 2 aliphatic rings. The standard InChI is InChI=1S/C23H34N4O3/c1-16(2)26-9-5-18(6-10-26)15-30-23-20-7-11-29-12-8-21(20)27(25-23)19-13-17(3)22(28-4)24-14-19/h13-14,16,18H,5-12,15H2,1-4H3. The summed E-state index contributed by atoms with van der Waals surface area (Å²) in [4.78, 5) is 6.98. The molecule has 1 fully saturated rings. The van der Waals surface area contributed by atoms with Gasteiger partial charge in [0.2, 0.25) is 11.8 Å². The molecule has 2 aromatic rings. The van der Waals surface area contributed by atoms with Crippen LogP contribution in [0.1, 0.15) is 43.5 Å². The molecular weight excluding hydrogens is 380 g/mol. The average Bonchev–Trinajstić information content (AvgIpc) is 2.92. The Morgan fingerprint density at radius 2 is 1.93 bits per heavy atom. The van der Waals surface area contributed by atoms with Crippen LogP contribution in [0, 0.1) is 12.8 Å². The third-order valence-corrected chi connectivity index (χ3v) is 6.32. The summed E-state index contributed by atoms with van der Waals surface area (Å²) in [5.74, 6) is 1.99. The minimum absolute atomic E-state index is 0.590. The van der Waals surface area contributed by atoms with Crippen LogP contribution in [0.3, 0.4) is 0 Å². The maximum Gasteiger partial charge on any atom is 0.236 e. The third kappa shape index (κ3) is 4.47. The summed E-state index contributed by atoms with van der Waals surface area (Å²) in [7, 11) is 1.64. The first kappa shape index (κ1) is 21.1. The van der Waals surface area contributed by atoms with Gasteiger partial charge < -0.3 is 19.1 Å². The maximum absolute atomic E-state index is 6.32. The van der Waals surface area contributed by atoms with E-state index in [1.54, 1.807) is 7.11 Å². The second kappa shape index (κ2) is 9.35. The van der Waals surface area contributed by atoms with Gasteiger partial charge in [-0.25, -0.2) is 9.67 Å². The molecule has 0 atom stereocenters. The van der Waals surface area contributed by atoms with Gasteiger partial charge in [-0.15, -0.1) is 5.10 Å². The Morgan fingerprint density at radius 3 is 2.63 bits per heavy atom. The molecule has 164 valence electrons. The molecule has 7 heteroatoms. The molecule has 0 aliphatic carbocycles. The molecule has 0 N–H and O–H groups in total. The quantitative estimate of drug-likeness (QED) is 0.723. The number of methoxy groups -OCH3 is 1. The maximum atomic E-state index is 6.32. The van der Waals surface area contributed by atoms with Crippen LogP contribution in [0.5, 0.6) is 11.8 Å². The number of likely N-dealkylation sites (tertiary alicyclic amines) is 1. The summed E-state index contributed by atoms with van der Waals surface area (Å²) in [6.45, 7) is 11.0. The highest BCUT2D eigenvalue weighted by Crippen LogP contribution is 2.30. The van der Waals surface area contributed by atoms with Gasteiger partial charge in [-0.1, -0.05) is 0 Å². The van der Waals surface area contributed by atoms with Gasteiger partial charge in [0, 0.05) is 30.0 Å². The van der Waals surface area contributed by atoms with Crippen molar-refractivity contribution in [1.29, 1.82) is 0 Å². The molecule has 7 nitrogen and oxygen atoms in total. The zero-order valence-electron chi connectivity index (χ0n) is 18.7. The Balaban J connectivity index is 1.53. The SMILES string of the molecule is COc1ncc(-n2nc(OCC3CCN(C(C)C)CC3)c3c2CCOCC3)cc1C. The average molecular weight is 415 g/mol. The summed E-state index contributed by atoms with van der Waals surface area (Å²) in [6.07, 6.45) is 5.84. The van der Waals surface area contributed by atoms with Crippen molar-refractivity contribution in [2.24, 2.45) is 5.92 Å². The lowest BCUT2D eigenvalue weighted by Gasteiger charge is -2.34. The van der Waals surface area contributed by atoms with Crippen LogP contribution in [0.2, 0.25) is 0 Å². The number of piperidine rings is 1. The van der Waals surface area contributed by atoms with E-state index in [-0.39, 0.29) is 0 Å². The number of aromatic nitrogens is 3. The molecule has 1 saturated heterocycles. The number of aryl methyl sites for hydroxylation is 1. The van der Waals surface area contributed by atoms with Crippen LogP contribution >= 0.6 is 0 Å². The van der Waals surface area contributed by atoms with Crippen LogP contribution in [-0.4, -0.2) is 65.7 Å². The summed E-state index contributed by atoms with van der Waals surface area (Å²) >= 11 is 0. The van der Waals surface area contributed by atoms with E-state index in [2.05, 4.69) is 29.8 Å². The van der Waals surface area contributed by atoms with E-state index in [4.69, 9.17) is 19.3 Å². The van der Waals surface area contributed by atoms with Crippen molar-refractivity contribution in [3.05, 3.63) is 29.1 Å². The molecule has 0 spiro atoms. The van der Waals surface area contributed by atoms with E-state index in [0.717, 1.165) is 49.7 Å². The molecule has 0 saturated carbocycles. The lowest BCUT2D eigenvalue weighted by molar-refractivity contribution is 0.116. The molecule has 0 unspecified atom stereocenters. The van der Waals surface area contributed by atoms with E-state index in [1.807, 2.05) is 17.8 Å². The van der Waals surface area contributed by atoms with Gasteiger partial charge in [0.15, 0.2) is 0 Å². The van der Waals surface area contributed by atoms with Crippen LogP contribution in [-0.2, 0) is 17.6 Å². The number of pyridine rings is 1. The summed E-state index contributed by atoms with van der Waals surface area (Å²) < 4.78 is 19.4. The number of nitrogens with zero attached hydrogens (tertiary/aromatic N) is 4. The van der Waals surface area contributed by atoms with Crippen molar-refractivity contribution < 1.29 is 14.2 Å². The van der Waals surface area contributed by atoms with Crippen molar-refractivity contribution in [3.63, 3.8) is 0 Å². The zero-order valence-corrected chi connectivity index (χ0v) is 18.7. The number of fused-ring (bicyclic) bond motifs is 1. The van der Waals surface area contributed by atoms with E-state index in [9.17, 15) is 0 Å². The Bertz CT molecular complexity index is 856. The molecule has 0 radical (unpaired) electrons. The Labute approximate surface area is 179 Å². The second-order valence-electron chi connectivity index (χ2n) is 8.66. The predicted molar refractivity (Wildman–Crippen MR) is 116 cm³/mol. The normalized spacial score (nSPS) is 18.3.